The van der Waals surface area contributed by atoms with Crippen molar-refractivity contribution < 1.29 is 9.53 Å². The second kappa shape index (κ2) is 4.85. The third-order valence-corrected chi connectivity index (χ3v) is 3.49. The Morgan fingerprint density at radius 3 is 3.05 bits per heavy atom. The van der Waals surface area contributed by atoms with E-state index in [0.717, 1.165) is 27.4 Å². The van der Waals surface area contributed by atoms with Crippen molar-refractivity contribution in [3.05, 3.63) is 36.0 Å². The number of rotatable bonds is 3. The number of esters is 1. The van der Waals surface area contributed by atoms with Crippen molar-refractivity contribution >= 4 is 33.6 Å². The smallest absolute Gasteiger partial charge is 0.305 e. The molecule has 1 aromatic carbocycles. The summed E-state index contributed by atoms with van der Waals surface area (Å²) in [6, 6.07) is 7.93. The topological polar surface area (TPSA) is 81.0 Å². The van der Waals surface area contributed by atoms with Crippen molar-refractivity contribution in [1.29, 1.82) is 0 Å². The first-order valence-corrected chi connectivity index (χ1v) is 6.41. The van der Waals surface area contributed by atoms with Gasteiger partial charge in [-0.2, -0.15) is 0 Å². The molecule has 3 N–H and O–H groups in total. The lowest BCUT2D eigenvalue weighted by Gasteiger charge is -2.01. The average molecular weight is 269 g/mol. The highest BCUT2D eigenvalue weighted by Gasteiger charge is 2.13. The summed E-state index contributed by atoms with van der Waals surface area (Å²) in [6.45, 7) is 0. The number of nitrogen functional groups attached to an aromatic ring is 1. The number of hydrogen-bond acceptors (Lipinski definition) is 4. The van der Waals surface area contributed by atoms with E-state index < -0.39 is 0 Å². The maximum Gasteiger partial charge on any atom is 0.305 e. The molecule has 0 bridgehead atoms. The zero-order valence-corrected chi connectivity index (χ0v) is 11.1. The zero-order valence-electron chi connectivity index (χ0n) is 11.1. The average Bonchev–Trinajstić information content (AvgIpc) is 2.80. The number of nitrogens with zero attached hydrogens (tertiary/aromatic N) is 1. The molecule has 0 aliphatic carbocycles. The number of aromatic nitrogens is 2. The highest BCUT2D eigenvalue weighted by atomic mass is 16.5. The molecule has 0 fully saturated rings. The van der Waals surface area contributed by atoms with Gasteiger partial charge in [-0.15, -0.1) is 0 Å². The highest BCUT2D eigenvalue weighted by molar-refractivity contribution is 6.06. The van der Waals surface area contributed by atoms with Gasteiger partial charge in [0.1, 0.15) is 5.82 Å². The molecule has 5 nitrogen and oxygen atoms in total. The maximum atomic E-state index is 11.3. The fourth-order valence-corrected chi connectivity index (χ4v) is 2.48. The number of H-pyrrole nitrogens is 1. The second-order valence-electron chi connectivity index (χ2n) is 4.66. The fourth-order valence-electron chi connectivity index (χ4n) is 2.48. The van der Waals surface area contributed by atoms with Gasteiger partial charge in [-0.1, -0.05) is 18.2 Å². The van der Waals surface area contributed by atoms with E-state index in [1.54, 1.807) is 6.20 Å². The number of aryl methyl sites for hydroxylation is 1. The van der Waals surface area contributed by atoms with Crippen LogP contribution in [0.15, 0.2) is 30.5 Å². The molecule has 0 saturated carbocycles. The van der Waals surface area contributed by atoms with Gasteiger partial charge < -0.3 is 15.5 Å². The van der Waals surface area contributed by atoms with Crippen LogP contribution in [0.4, 0.5) is 5.82 Å². The monoisotopic (exact) mass is 269 g/mol. The van der Waals surface area contributed by atoms with Crippen LogP contribution in [0.5, 0.6) is 0 Å². The van der Waals surface area contributed by atoms with E-state index in [0.29, 0.717) is 18.7 Å². The quantitative estimate of drug-likeness (QED) is 0.715. The molecule has 3 aromatic rings. The van der Waals surface area contributed by atoms with Gasteiger partial charge >= 0.3 is 5.97 Å². The van der Waals surface area contributed by atoms with Crippen molar-refractivity contribution in [1.82, 2.24) is 9.97 Å². The van der Waals surface area contributed by atoms with Crippen LogP contribution in [0.2, 0.25) is 0 Å². The van der Waals surface area contributed by atoms with Crippen LogP contribution >= 0.6 is 0 Å². The normalized spacial score (nSPS) is 11.1. The first-order valence-electron chi connectivity index (χ1n) is 6.41. The third kappa shape index (κ3) is 1.97. The lowest BCUT2D eigenvalue weighted by Crippen LogP contribution is -2.02. The van der Waals surface area contributed by atoms with E-state index in [2.05, 4.69) is 14.7 Å². The molecule has 0 unspecified atom stereocenters. The Labute approximate surface area is 115 Å². The lowest BCUT2D eigenvalue weighted by atomic mass is 10.1. The molecule has 5 heteroatoms. The van der Waals surface area contributed by atoms with Gasteiger partial charge in [0.25, 0.3) is 0 Å². The Bertz CT molecular complexity index is 792. The maximum absolute atomic E-state index is 11.3. The lowest BCUT2D eigenvalue weighted by molar-refractivity contribution is -0.140. The molecule has 20 heavy (non-hydrogen) atoms. The van der Waals surface area contributed by atoms with E-state index >= 15 is 0 Å². The molecule has 0 spiro atoms. The van der Waals surface area contributed by atoms with Gasteiger partial charge in [-0.25, -0.2) is 0 Å². The molecule has 102 valence electrons. The Hall–Kier alpha value is -2.56. The summed E-state index contributed by atoms with van der Waals surface area (Å²) < 4.78 is 4.67. The van der Waals surface area contributed by atoms with E-state index in [9.17, 15) is 4.79 Å². The van der Waals surface area contributed by atoms with Crippen LogP contribution < -0.4 is 5.73 Å². The summed E-state index contributed by atoms with van der Waals surface area (Å²) in [5, 5.41) is 2.07. The van der Waals surface area contributed by atoms with E-state index in [1.165, 1.54) is 7.11 Å². The number of carbonyl (C=O) groups is 1. The Kier molecular flexibility index (Phi) is 3.02. The van der Waals surface area contributed by atoms with Crippen molar-refractivity contribution in [2.24, 2.45) is 0 Å². The molecule has 0 radical (unpaired) electrons. The number of pyridine rings is 1. The first-order chi connectivity index (χ1) is 9.70. The number of anilines is 1. The molecule has 0 aliphatic rings. The van der Waals surface area contributed by atoms with Crippen LogP contribution in [-0.2, 0) is 16.0 Å². The number of fused-ring (bicyclic) bond motifs is 3. The Morgan fingerprint density at radius 1 is 1.40 bits per heavy atom. The standard InChI is InChI=1S/C15H15N3O2/c1-20-12(19)7-6-11-10-5-4-9-3-2-8-17-13(9)14(10)18-15(11)16/h2-5,8,18H,6-7,16H2,1H3. The summed E-state index contributed by atoms with van der Waals surface area (Å²) in [4.78, 5) is 18.9. The minimum Gasteiger partial charge on any atom is -0.469 e. The van der Waals surface area contributed by atoms with Crippen LogP contribution in [0, 0.1) is 0 Å². The number of nitrogens with two attached hydrogens (primary N) is 1. The zero-order chi connectivity index (χ0) is 14.1. The summed E-state index contributed by atoms with van der Waals surface area (Å²) in [5.74, 6) is 0.347. The fraction of sp³-hybridized carbons (Fsp3) is 0.200. The number of nitrogens with one attached hydrogen (secondary N) is 1. The highest BCUT2D eigenvalue weighted by Crippen LogP contribution is 2.30. The molecule has 0 saturated heterocycles. The number of carbonyl (C=O) groups excluding carboxylic acids is 1. The van der Waals surface area contributed by atoms with Gasteiger partial charge in [0.15, 0.2) is 0 Å². The predicted molar refractivity (Wildman–Crippen MR) is 78.3 cm³/mol. The minimum atomic E-state index is -0.238. The molecule has 0 aliphatic heterocycles. The van der Waals surface area contributed by atoms with Crippen LogP contribution in [-0.4, -0.2) is 23.0 Å². The Morgan fingerprint density at radius 2 is 2.25 bits per heavy atom. The predicted octanol–water partition coefficient (Wildman–Crippen LogP) is 2.40. The van der Waals surface area contributed by atoms with Gasteiger partial charge in [0, 0.05) is 29.0 Å². The van der Waals surface area contributed by atoms with Gasteiger partial charge in [-0.05, 0) is 12.5 Å². The molecule has 2 heterocycles. The number of aromatic amines is 1. The summed E-state index contributed by atoms with van der Waals surface area (Å²) in [7, 11) is 1.39. The molecule has 2 aromatic heterocycles. The largest absolute Gasteiger partial charge is 0.469 e. The van der Waals surface area contributed by atoms with E-state index in [1.807, 2.05) is 24.3 Å². The van der Waals surface area contributed by atoms with Crippen LogP contribution in [0.25, 0.3) is 21.8 Å². The van der Waals surface area contributed by atoms with Crippen LogP contribution in [0.1, 0.15) is 12.0 Å². The molecule has 0 amide bonds. The summed E-state index contributed by atoms with van der Waals surface area (Å²) >= 11 is 0. The number of hydrogen-bond donors (Lipinski definition) is 2. The minimum absolute atomic E-state index is 0.238. The van der Waals surface area contributed by atoms with Gasteiger partial charge in [0.2, 0.25) is 0 Å². The Balaban J connectivity index is 2.11. The van der Waals surface area contributed by atoms with Gasteiger partial charge in [0.05, 0.1) is 18.1 Å². The molecular formula is C15H15N3O2. The van der Waals surface area contributed by atoms with E-state index in [-0.39, 0.29) is 5.97 Å². The van der Waals surface area contributed by atoms with Crippen LogP contribution in [0.3, 0.4) is 0 Å². The van der Waals surface area contributed by atoms with Crippen molar-refractivity contribution in [3.63, 3.8) is 0 Å². The summed E-state index contributed by atoms with van der Waals surface area (Å²) in [6.07, 6.45) is 2.62. The second-order valence-corrected chi connectivity index (χ2v) is 4.66. The van der Waals surface area contributed by atoms with E-state index in [4.69, 9.17) is 5.73 Å². The first kappa shape index (κ1) is 12.5. The number of ether oxygens (including phenoxy) is 1. The van der Waals surface area contributed by atoms with Crippen molar-refractivity contribution in [2.75, 3.05) is 12.8 Å². The van der Waals surface area contributed by atoms with Gasteiger partial charge in [-0.3, -0.25) is 9.78 Å². The SMILES string of the molecule is COC(=O)CCc1c(N)[nH]c2c1ccc1cccnc12. The molecule has 0 atom stereocenters. The number of methoxy groups -OCH3 is 1. The number of benzene rings is 1. The van der Waals surface area contributed by atoms with Crippen molar-refractivity contribution in [2.45, 2.75) is 12.8 Å². The molecule has 3 rings (SSSR count). The third-order valence-electron chi connectivity index (χ3n) is 3.49. The summed E-state index contributed by atoms with van der Waals surface area (Å²) in [5.41, 5.74) is 8.79. The van der Waals surface area contributed by atoms with Crippen molar-refractivity contribution in [3.8, 4) is 0 Å². The molecular weight excluding hydrogens is 254 g/mol.